The molecule has 2 aliphatic rings. The van der Waals surface area contributed by atoms with Gasteiger partial charge in [0.05, 0.1) is 13.1 Å². The highest BCUT2D eigenvalue weighted by Gasteiger charge is 2.52. The predicted octanol–water partition coefficient (Wildman–Crippen LogP) is 4.63. The quantitative estimate of drug-likeness (QED) is 0.509. The second kappa shape index (κ2) is 8.65. The highest BCUT2D eigenvalue weighted by molar-refractivity contribution is 9.10. The van der Waals surface area contributed by atoms with Gasteiger partial charge < -0.3 is 14.7 Å². The molecule has 1 aliphatic carbocycles. The highest BCUT2D eigenvalue weighted by atomic mass is 79.9. The average molecular weight is 507 g/mol. The van der Waals surface area contributed by atoms with Crippen molar-refractivity contribution in [1.29, 1.82) is 0 Å². The maximum absolute atomic E-state index is 12.7. The van der Waals surface area contributed by atoms with Gasteiger partial charge in [0.15, 0.2) is 5.54 Å². The molecule has 6 nitrogen and oxygen atoms in total. The number of ether oxygens (including phenoxy) is 1. The van der Waals surface area contributed by atoms with Crippen LogP contribution < -0.4 is 5.32 Å². The fraction of sp³-hybridized carbons (Fsp3) is 0.231. The van der Waals surface area contributed by atoms with Crippen LogP contribution in [0.15, 0.2) is 77.3 Å². The SMILES string of the molecule is O=C(OCC1c2ccccc2-c2ccccc21)N1CC(NCc2cccc(Br)c2)(C(=O)O)C1. The minimum absolute atomic E-state index is 0.0264. The van der Waals surface area contributed by atoms with Crippen LogP contribution in [0.5, 0.6) is 0 Å². The van der Waals surface area contributed by atoms with Crippen LogP contribution in [0.1, 0.15) is 22.6 Å². The first-order valence-electron chi connectivity index (χ1n) is 10.8. The van der Waals surface area contributed by atoms with Gasteiger partial charge in [-0.2, -0.15) is 0 Å². The highest BCUT2D eigenvalue weighted by Crippen LogP contribution is 2.44. The molecule has 0 spiro atoms. The van der Waals surface area contributed by atoms with E-state index in [1.165, 1.54) is 16.0 Å². The van der Waals surface area contributed by atoms with E-state index in [9.17, 15) is 14.7 Å². The Hall–Kier alpha value is -3.16. The molecule has 7 heteroatoms. The first-order chi connectivity index (χ1) is 16.0. The number of hydrogen-bond donors (Lipinski definition) is 2. The number of amides is 1. The fourth-order valence-electron chi connectivity index (χ4n) is 4.66. The molecule has 1 saturated heterocycles. The van der Waals surface area contributed by atoms with Gasteiger partial charge in [-0.15, -0.1) is 0 Å². The summed E-state index contributed by atoms with van der Waals surface area (Å²) in [5, 5.41) is 12.9. The molecule has 1 aliphatic heterocycles. The van der Waals surface area contributed by atoms with E-state index < -0.39 is 17.6 Å². The second-order valence-electron chi connectivity index (χ2n) is 8.53. The number of rotatable bonds is 6. The molecule has 0 radical (unpaired) electrons. The van der Waals surface area contributed by atoms with E-state index >= 15 is 0 Å². The van der Waals surface area contributed by atoms with Crippen LogP contribution in [0.2, 0.25) is 0 Å². The maximum Gasteiger partial charge on any atom is 0.409 e. The van der Waals surface area contributed by atoms with Gasteiger partial charge in [-0.3, -0.25) is 10.1 Å². The summed E-state index contributed by atoms with van der Waals surface area (Å²) >= 11 is 3.42. The van der Waals surface area contributed by atoms with Crippen LogP contribution in [0.25, 0.3) is 11.1 Å². The third kappa shape index (κ3) is 4.03. The topological polar surface area (TPSA) is 78.9 Å². The van der Waals surface area contributed by atoms with Crippen LogP contribution in [-0.2, 0) is 16.1 Å². The van der Waals surface area contributed by atoms with Crippen LogP contribution in [0, 0.1) is 0 Å². The van der Waals surface area contributed by atoms with Crippen molar-refractivity contribution in [3.05, 3.63) is 94.0 Å². The molecule has 168 valence electrons. The molecule has 1 amide bonds. The van der Waals surface area contributed by atoms with E-state index in [0.717, 1.165) is 21.2 Å². The lowest BCUT2D eigenvalue weighted by Gasteiger charge is -2.46. The Morgan fingerprint density at radius 1 is 1.00 bits per heavy atom. The summed E-state index contributed by atoms with van der Waals surface area (Å²) in [6.45, 7) is 0.735. The van der Waals surface area contributed by atoms with E-state index in [1.807, 2.05) is 48.5 Å². The number of carbonyl (C=O) groups excluding carboxylic acids is 1. The number of nitrogens with zero attached hydrogens (tertiary/aromatic N) is 1. The molecule has 5 rings (SSSR count). The van der Waals surface area contributed by atoms with Crippen LogP contribution >= 0.6 is 15.9 Å². The average Bonchev–Trinajstić information content (AvgIpc) is 3.10. The lowest BCUT2D eigenvalue weighted by molar-refractivity contribution is -0.151. The molecular formula is C26H23BrN2O4. The minimum atomic E-state index is -1.17. The van der Waals surface area contributed by atoms with E-state index in [1.54, 1.807) is 0 Å². The van der Waals surface area contributed by atoms with E-state index in [-0.39, 0.29) is 25.6 Å². The van der Waals surface area contributed by atoms with Gasteiger partial charge in [0.1, 0.15) is 6.61 Å². The first-order valence-corrected chi connectivity index (χ1v) is 11.6. The normalized spacial score (nSPS) is 16.0. The molecule has 3 aromatic carbocycles. The smallest absolute Gasteiger partial charge is 0.409 e. The van der Waals surface area contributed by atoms with Gasteiger partial charge in [0, 0.05) is 16.9 Å². The van der Waals surface area contributed by atoms with Crippen molar-refractivity contribution in [3.63, 3.8) is 0 Å². The third-order valence-electron chi connectivity index (χ3n) is 6.45. The number of hydrogen-bond acceptors (Lipinski definition) is 4. The van der Waals surface area contributed by atoms with Gasteiger partial charge in [-0.05, 0) is 39.9 Å². The summed E-state index contributed by atoms with van der Waals surface area (Å²) < 4.78 is 6.59. The Labute approximate surface area is 200 Å². The molecule has 2 N–H and O–H groups in total. The zero-order chi connectivity index (χ0) is 23.0. The van der Waals surface area contributed by atoms with Crippen LogP contribution in [0.4, 0.5) is 4.79 Å². The number of benzene rings is 3. The number of halogens is 1. The number of fused-ring (bicyclic) bond motifs is 3. The molecule has 0 aromatic heterocycles. The molecule has 1 heterocycles. The molecule has 1 fully saturated rings. The summed E-state index contributed by atoms with van der Waals surface area (Å²) in [5.74, 6) is -0.998. The van der Waals surface area contributed by atoms with Gasteiger partial charge >= 0.3 is 12.1 Å². The van der Waals surface area contributed by atoms with Gasteiger partial charge in [0.2, 0.25) is 0 Å². The first kappa shape index (κ1) is 21.7. The number of nitrogens with one attached hydrogen (secondary N) is 1. The summed E-state index contributed by atoms with van der Waals surface area (Å²) in [7, 11) is 0. The van der Waals surface area contributed by atoms with Crippen LogP contribution in [0.3, 0.4) is 0 Å². The summed E-state index contributed by atoms with van der Waals surface area (Å²) in [4.78, 5) is 26.1. The zero-order valence-corrected chi connectivity index (χ0v) is 19.4. The Bertz CT molecular complexity index is 1180. The van der Waals surface area contributed by atoms with Crippen molar-refractivity contribution >= 4 is 28.0 Å². The number of likely N-dealkylation sites (tertiary alicyclic amines) is 1. The number of aliphatic carboxylic acids is 1. The molecule has 0 bridgehead atoms. The van der Waals surface area contributed by atoms with Crippen molar-refractivity contribution in [2.75, 3.05) is 19.7 Å². The van der Waals surface area contributed by atoms with E-state index in [0.29, 0.717) is 6.54 Å². The Morgan fingerprint density at radius 3 is 2.24 bits per heavy atom. The Kier molecular flexibility index (Phi) is 5.68. The molecule has 0 atom stereocenters. The molecule has 0 unspecified atom stereocenters. The van der Waals surface area contributed by atoms with Crippen molar-refractivity contribution in [3.8, 4) is 11.1 Å². The lowest BCUT2D eigenvalue weighted by Crippen LogP contribution is -2.74. The minimum Gasteiger partial charge on any atom is -0.480 e. The summed E-state index contributed by atoms with van der Waals surface area (Å²) in [6, 6.07) is 24.0. The van der Waals surface area contributed by atoms with E-state index in [4.69, 9.17) is 4.74 Å². The predicted molar refractivity (Wildman–Crippen MR) is 128 cm³/mol. The fourth-order valence-corrected chi connectivity index (χ4v) is 5.11. The second-order valence-corrected chi connectivity index (χ2v) is 9.45. The Morgan fingerprint density at radius 2 is 1.64 bits per heavy atom. The van der Waals surface area contributed by atoms with E-state index in [2.05, 4.69) is 45.5 Å². The standard InChI is InChI=1S/C26H23BrN2O4/c27-18-7-5-6-17(12-18)13-28-26(24(30)31)15-29(16-26)25(32)33-14-23-21-10-3-1-8-19(21)20-9-2-4-11-22(20)23/h1-12,23,28H,13-16H2,(H,30,31). The van der Waals surface area contributed by atoms with Gasteiger partial charge in [0.25, 0.3) is 0 Å². The van der Waals surface area contributed by atoms with Gasteiger partial charge in [-0.1, -0.05) is 76.6 Å². The molecule has 3 aromatic rings. The van der Waals surface area contributed by atoms with Crippen LogP contribution in [-0.4, -0.2) is 47.3 Å². The molecular weight excluding hydrogens is 484 g/mol. The third-order valence-corrected chi connectivity index (χ3v) is 6.94. The van der Waals surface area contributed by atoms with Crippen molar-refractivity contribution in [1.82, 2.24) is 10.2 Å². The van der Waals surface area contributed by atoms with Crippen molar-refractivity contribution in [2.24, 2.45) is 0 Å². The Balaban J connectivity index is 1.22. The van der Waals surface area contributed by atoms with Crippen molar-refractivity contribution < 1.29 is 19.4 Å². The van der Waals surface area contributed by atoms with Crippen molar-refractivity contribution in [2.45, 2.75) is 18.0 Å². The largest absolute Gasteiger partial charge is 0.480 e. The zero-order valence-electron chi connectivity index (χ0n) is 17.8. The monoisotopic (exact) mass is 506 g/mol. The maximum atomic E-state index is 12.7. The lowest BCUT2D eigenvalue weighted by atomic mass is 9.90. The van der Waals surface area contributed by atoms with Gasteiger partial charge in [-0.25, -0.2) is 4.79 Å². The molecule has 33 heavy (non-hydrogen) atoms. The number of carboxylic acid groups (broad SMARTS) is 1. The number of carbonyl (C=O) groups is 2. The number of carboxylic acids is 1. The summed E-state index contributed by atoms with van der Waals surface area (Å²) in [5.41, 5.74) is 4.41. The summed E-state index contributed by atoms with van der Waals surface area (Å²) in [6.07, 6.45) is -0.488. The molecule has 0 saturated carbocycles.